The minimum Gasteiger partial charge on any atom is -0.469 e. The number of esters is 1. The predicted octanol–water partition coefficient (Wildman–Crippen LogP) is 2.93. The van der Waals surface area contributed by atoms with Crippen molar-refractivity contribution < 1.29 is 14.3 Å². The van der Waals surface area contributed by atoms with Crippen molar-refractivity contribution in [1.29, 1.82) is 0 Å². The van der Waals surface area contributed by atoms with Crippen molar-refractivity contribution in [3.8, 4) is 5.69 Å². The first kappa shape index (κ1) is 20.0. The monoisotopic (exact) mass is 375 g/mol. The highest BCUT2D eigenvalue weighted by Gasteiger charge is 2.21. The van der Waals surface area contributed by atoms with Crippen molar-refractivity contribution >= 4 is 23.6 Å². The maximum absolute atomic E-state index is 12.5. The highest BCUT2D eigenvalue weighted by atomic mass is 32.2. The molecular formula is C19H25N3O3S. The summed E-state index contributed by atoms with van der Waals surface area (Å²) in [5, 5.41) is 0.768. The third-order valence-corrected chi connectivity index (χ3v) is 5.09. The van der Waals surface area contributed by atoms with Crippen LogP contribution in [0.4, 0.5) is 0 Å². The van der Waals surface area contributed by atoms with E-state index in [1.54, 1.807) is 18.0 Å². The van der Waals surface area contributed by atoms with Crippen LogP contribution in [-0.4, -0.2) is 52.3 Å². The molecular weight excluding hydrogens is 350 g/mol. The Morgan fingerprint density at radius 3 is 2.73 bits per heavy atom. The van der Waals surface area contributed by atoms with Gasteiger partial charge in [-0.15, -0.1) is 0 Å². The van der Waals surface area contributed by atoms with Crippen LogP contribution in [0.5, 0.6) is 0 Å². The Bertz CT molecular complexity index is 760. The van der Waals surface area contributed by atoms with Gasteiger partial charge >= 0.3 is 5.97 Å². The molecule has 1 aromatic heterocycles. The molecule has 0 aliphatic carbocycles. The number of amides is 1. The molecule has 0 aliphatic rings. The number of hydrogen-bond acceptors (Lipinski definition) is 5. The largest absolute Gasteiger partial charge is 0.469 e. The van der Waals surface area contributed by atoms with Gasteiger partial charge in [-0.1, -0.05) is 36.9 Å². The number of carbonyl (C=O) groups excluding carboxylic acids is 2. The van der Waals surface area contributed by atoms with E-state index in [4.69, 9.17) is 4.74 Å². The number of aromatic nitrogens is 2. The Morgan fingerprint density at radius 2 is 2.08 bits per heavy atom. The molecule has 1 aromatic carbocycles. The third-order valence-electron chi connectivity index (χ3n) is 4.14. The van der Waals surface area contributed by atoms with E-state index in [-0.39, 0.29) is 23.5 Å². The molecule has 0 fully saturated rings. The lowest BCUT2D eigenvalue weighted by Crippen LogP contribution is -2.38. The molecule has 0 bridgehead atoms. The molecule has 0 saturated carbocycles. The van der Waals surface area contributed by atoms with Crippen molar-refractivity contribution in [3.05, 3.63) is 42.2 Å². The normalized spacial score (nSPS) is 11.8. The second-order valence-corrected chi connectivity index (χ2v) is 6.95. The summed E-state index contributed by atoms with van der Waals surface area (Å²) in [5.74, 6) is -0.403. The smallest absolute Gasteiger partial charge is 0.310 e. The van der Waals surface area contributed by atoms with E-state index >= 15 is 0 Å². The molecule has 0 N–H and O–H groups in total. The second kappa shape index (κ2) is 9.43. The van der Waals surface area contributed by atoms with Crippen LogP contribution in [0, 0.1) is 12.8 Å². The number of imidazole rings is 1. The summed E-state index contributed by atoms with van der Waals surface area (Å²) in [7, 11) is 1.36. The van der Waals surface area contributed by atoms with E-state index in [9.17, 15) is 9.59 Å². The van der Waals surface area contributed by atoms with E-state index in [2.05, 4.69) is 4.98 Å². The topological polar surface area (TPSA) is 64.4 Å². The van der Waals surface area contributed by atoms with E-state index in [1.165, 1.54) is 18.9 Å². The maximum Gasteiger partial charge on any atom is 0.310 e. The number of hydrogen-bond donors (Lipinski definition) is 0. The average molecular weight is 375 g/mol. The number of aryl methyl sites for hydroxylation is 1. The molecule has 2 rings (SSSR count). The summed E-state index contributed by atoms with van der Waals surface area (Å²) in [6.45, 7) is 6.62. The van der Waals surface area contributed by atoms with Gasteiger partial charge in [0.15, 0.2) is 5.16 Å². The van der Waals surface area contributed by atoms with Crippen molar-refractivity contribution in [2.24, 2.45) is 5.92 Å². The number of thioether (sulfide) groups is 1. The predicted molar refractivity (Wildman–Crippen MR) is 102 cm³/mol. The second-order valence-electron chi connectivity index (χ2n) is 6.01. The number of ether oxygens (including phenoxy) is 1. The van der Waals surface area contributed by atoms with Gasteiger partial charge in [0.1, 0.15) is 0 Å². The Hall–Kier alpha value is -2.28. The lowest BCUT2D eigenvalue weighted by Gasteiger charge is -2.23. The van der Waals surface area contributed by atoms with Crippen LogP contribution in [0.15, 0.2) is 41.8 Å². The summed E-state index contributed by atoms with van der Waals surface area (Å²) >= 11 is 1.39. The van der Waals surface area contributed by atoms with Gasteiger partial charge in [0, 0.05) is 25.5 Å². The van der Waals surface area contributed by atoms with Gasteiger partial charge < -0.3 is 9.64 Å². The minimum atomic E-state index is -0.345. The molecule has 0 aliphatic heterocycles. The summed E-state index contributed by atoms with van der Waals surface area (Å²) < 4.78 is 6.72. The molecule has 1 unspecified atom stereocenters. The quantitative estimate of drug-likeness (QED) is 0.524. The maximum atomic E-state index is 12.5. The molecule has 2 aromatic rings. The molecule has 1 amide bonds. The van der Waals surface area contributed by atoms with Crippen molar-refractivity contribution in [1.82, 2.24) is 14.5 Å². The molecule has 26 heavy (non-hydrogen) atoms. The number of carbonyl (C=O) groups is 2. The van der Waals surface area contributed by atoms with E-state index < -0.39 is 0 Å². The van der Waals surface area contributed by atoms with Gasteiger partial charge in [0.2, 0.25) is 5.91 Å². The highest BCUT2D eigenvalue weighted by Crippen LogP contribution is 2.23. The number of methoxy groups -OCH3 is 1. The van der Waals surface area contributed by atoms with E-state index in [0.29, 0.717) is 13.1 Å². The Balaban J connectivity index is 2.02. The molecule has 1 atom stereocenters. The number of nitrogens with zero attached hydrogens (tertiary/aromatic N) is 3. The Labute approximate surface area is 158 Å². The minimum absolute atomic E-state index is 0.0208. The average Bonchev–Trinajstić information content (AvgIpc) is 3.11. The van der Waals surface area contributed by atoms with Gasteiger partial charge in [0.05, 0.1) is 24.5 Å². The number of benzene rings is 1. The standard InChI is InChI=1S/C19H25N3O3S/c1-5-21(12-15(3)18(24)25-4)17(23)13-26-19-20-10-11-22(19)16-9-7-6-8-14(16)2/h6-11,15H,5,12-13H2,1-4H3. The van der Waals surface area contributed by atoms with Crippen molar-refractivity contribution in [2.75, 3.05) is 26.0 Å². The van der Waals surface area contributed by atoms with Crippen LogP contribution < -0.4 is 0 Å². The summed E-state index contributed by atoms with van der Waals surface area (Å²) in [6.07, 6.45) is 3.63. The molecule has 1 heterocycles. The molecule has 0 spiro atoms. The molecule has 6 nitrogen and oxygen atoms in total. The van der Waals surface area contributed by atoms with Gasteiger partial charge in [-0.25, -0.2) is 4.98 Å². The molecule has 140 valence electrons. The Morgan fingerprint density at radius 1 is 1.35 bits per heavy atom. The van der Waals surface area contributed by atoms with Gasteiger partial charge in [-0.2, -0.15) is 0 Å². The van der Waals surface area contributed by atoms with E-state index in [1.807, 2.05) is 48.9 Å². The lowest BCUT2D eigenvalue weighted by molar-refractivity contribution is -0.146. The molecule has 0 radical (unpaired) electrons. The SMILES string of the molecule is CCN(CC(C)C(=O)OC)C(=O)CSc1nccn1-c1ccccc1C. The fourth-order valence-corrected chi connectivity index (χ4v) is 3.51. The number of rotatable bonds is 8. The van der Waals surface area contributed by atoms with Crippen LogP contribution in [0.3, 0.4) is 0 Å². The Kier molecular flexibility index (Phi) is 7.26. The van der Waals surface area contributed by atoms with Crippen molar-refractivity contribution in [2.45, 2.75) is 25.9 Å². The van der Waals surface area contributed by atoms with E-state index in [0.717, 1.165) is 16.4 Å². The van der Waals surface area contributed by atoms with Crippen LogP contribution in [0.1, 0.15) is 19.4 Å². The van der Waals surface area contributed by atoms with Crippen LogP contribution >= 0.6 is 11.8 Å². The highest BCUT2D eigenvalue weighted by molar-refractivity contribution is 7.99. The summed E-state index contributed by atoms with van der Waals surface area (Å²) in [5.41, 5.74) is 2.19. The summed E-state index contributed by atoms with van der Waals surface area (Å²) in [4.78, 5) is 30.2. The zero-order valence-corrected chi connectivity index (χ0v) is 16.5. The molecule has 0 saturated heterocycles. The zero-order valence-electron chi connectivity index (χ0n) is 15.6. The third kappa shape index (κ3) is 4.88. The van der Waals surface area contributed by atoms with Crippen molar-refractivity contribution in [3.63, 3.8) is 0 Å². The van der Waals surface area contributed by atoms with Gasteiger partial charge in [0.25, 0.3) is 0 Å². The van der Waals surface area contributed by atoms with Crippen LogP contribution in [-0.2, 0) is 14.3 Å². The van der Waals surface area contributed by atoms with Crippen LogP contribution in [0.2, 0.25) is 0 Å². The fraction of sp³-hybridized carbons (Fsp3) is 0.421. The summed E-state index contributed by atoms with van der Waals surface area (Å²) in [6, 6.07) is 8.05. The first-order valence-corrected chi connectivity index (χ1v) is 9.54. The number of para-hydroxylation sites is 1. The first-order valence-electron chi connectivity index (χ1n) is 8.55. The van der Waals surface area contributed by atoms with Gasteiger partial charge in [-0.3, -0.25) is 14.2 Å². The zero-order chi connectivity index (χ0) is 19.1. The molecule has 7 heteroatoms. The fourth-order valence-electron chi connectivity index (χ4n) is 2.64. The first-order chi connectivity index (χ1) is 12.5. The lowest BCUT2D eigenvalue weighted by atomic mass is 10.1. The van der Waals surface area contributed by atoms with Crippen LogP contribution in [0.25, 0.3) is 5.69 Å². The van der Waals surface area contributed by atoms with Gasteiger partial charge in [-0.05, 0) is 25.5 Å².